The molecule has 1 amide bonds. The molecule has 5 nitrogen and oxygen atoms in total. The summed E-state index contributed by atoms with van der Waals surface area (Å²) in [5, 5.41) is 5.89. The molecule has 0 aromatic carbocycles. The molecule has 1 aliphatic carbocycles. The van der Waals surface area contributed by atoms with Gasteiger partial charge in [-0.1, -0.05) is 31.4 Å². The van der Waals surface area contributed by atoms with Gasteiger partial charge in [-0.3, -0.25) is 4.79 Å². The van der Waals surface area contributed by atoms with Gasteiger partial charge in [0.25, 0.3) is 0 Å². The Balaban J connectivity index is 2.06. The van der Waals surface area contributed by atoms with E-state index in [2.05, 4.69) is 22.2 Å². The molecule has 1 saturated carbocycles. The number of carbonyl (C=O) groups is 1. The molecule has 0 saturated heterocycles. The maximum Gasteiger partial charge on any atom is 0.220 e. The number of amides is 1. The molecule has 1 rings (SSSR count). The first-order valence-corrected chi connectivity index (χ1v) is 7.53. The van der Waals surface area contributed by atoms with Crippen molar-refractivity contribution in [1.29, 1.82) is 0 Å². The van der Waals surface area contributed by atoms with Gasteiger partial charge in [-0.15, -0.1) is 0 Å². The van der Waals surface area contributed by atoms with Crippen LogP contribution in [0.1, 0.15) is 45.4 Å². The van der Waals surface area contributed by atoms with Gasteiger partial charge in [-0.2, -0.15) is 0 Å². The van der Waals surface area contributed by atoms with E-state index in [1.807, 2.05) is 6.92 Å². The number of rotatable bonds is 7. The average Bonchev–Trinajstić information content (AvgIpc) is 2.42. The van der Waals surface area contributed by atoms with Gasteiger partial charge in [-0.25, -0.2) is 4.99 Å². The summed E-state index contributed by atoms with van der Waals surface area (Å²) in [4.78, 5) is 15.9. The van der Waals surface area contributed by atoms with Crippen molar-refractivity contribution in [3.05, 3.63) is 12.2 Å². The van der Waals surface area contributed by atoms with Gasteiger partial charge in [0, 0.05) is 19.5 Å². The maximum absolute atomic E-state index is 11.8. The number of hydrogen-bond acceptors (Lipinski definition) is 2. The summed E-state index contributed by atoms with van der Waals surface area (Å²) in [6.07, 6.45) is 6.94. The second-order valence-electron chi connectivity index (χ2n) is 5.64. The van der Waals surface area contributed by atoms with Crippen molar-refractivity contribution in [2.75, 3.05) is 19.6 Å². The summed E-state index contributed by atoms with van der Waals surface area (Å²) in [5.41, 5.74) is 6.64. The van der Waals surface area contributed by atoms with Gasteiger partial charge in [0.05, 0.1) is 6.54 Å². The molecule has 1 aliphatic rings. The summed E-state index contributed by atoms with van der Waals surface area (Å²) in [6, 6.07) is 0. The molecule has 114 valence electrons. The molecular weight excluding hydrogens is 252 g/mol. The van der Waals surface area contributed by atoms with Gasteiger partial charge in [0.1, 0.15) is 0 Å². The van der Waals surface area contributed by atoms with Gasteiger partial charge in [0.2, 0.25) is 5.91 Å². The van der Waals surface area contributed by atoms with Crippen molar-refractivity contribution in [3.63, 3.8) is 0 Å². The summed E-state index contributed by atoms with van der Waals surface area (Å²) in [5.74, 6) is 1.13. The first-order valence-electron chi connectivity index (χ1n) is 7.53. The van der Waals surface area contributed by atoms with Crippen molar-refractivity contribution in [2.45, 2.75) is 45.4 Å². The molecule has 20 heavy (non-hydrogen) atoms. The number of nitrogens with two attached hydrogens (primary N) is 1. The smallest absolute Gasteiger partial charge is 0.220 e. The highest BCUT2D eigenvalue weighted by Crippen LogP contribution is 2.25. The normalized spacial score (nSPS) is 16.8. The highest BCUT2D eigenvalue weighted by Gasteiger charge is 2.16. The van der Waals surface area contributed by atoms with Crippen LogP contribution in [0, 0.1) is 5.92 Å². The van der Waals surface area contributed by atoms with Gasteiger partial charge < -0.3 is 16.4 Å². The fourth-order valence-corrected chi connectivity index (χ4v) is 2.39. The van der Waals surface area contributed by atoms with Crippen LogP contribution >= 0.6 is 0 Å². The molecule has 0 aliphatic heterocycles. The van der Waals surface area contributed by atoms with Crippen LogP contribution in [-0.2, 0) is 4.79 Å². The van der Waals surface area contributed by atoms with E-state index in [0.29, 0.717) is 37.9 Å². The van der Waals surface area contributed by atoms with Gasteiger partial charge in [-0.05, 0) is 25.7 Å². The Bertz CT molecular complexity index is 346. The molecule has 0 unspecified atom stereocenters. The number of nitrogens with zero attached hydrogens (tertiary/aromatic N) is 1. The molecule has 4 N–H and O–H groups in total. The Morgan fingerprint density at radius 3 is 2.55 bits per heavy atom. The van der Waals surface area contributed by atoms with E-state index >= 15 is 0 Å². The first-order chi connectivity index (χ1) is 9.58. The van der Waals surface area contributed by atoms with Gasteiger partial charge in [0.15, 0.2) is 5.96 Å². The molecule has 0 bridgehead atoms. The van der Waals surface area contributed by atoms with E-state index in [0.717, 1.165) is 5.57 Å². The quantitative estimate of drug-likeness (QED) is 0.286. The second kappa shape index (κ2) is 9.39. The Hall–Kier alpha value is -1.52. The molecule has 0 heterocycles. The second-order valence-corrected chi connectivity index (χ2v) is 5.64. The molecule has 1 fully saturated rings. The van der Waals surface area contributed by atoms with Gasteiger partial charge >= 0.3 is 0 Å². The third-order valence-corrected chi connectivity index (χ3v) is 3.47. The minimum atomic E-state index is 0.149. The average molecular weight is 280 g/mol. The van der Waals surface area contributed by atoms with Crippen LogP contribution in [0.5, 0.6) is 0 Å². The van der Waals surface area contributed by atoms with Crippen LogP contribution in [0.2, 0.25) is 0 Å². The van der Waals surface area contributed by atoms with E-state index in [1.54, 1.807) is 0 Å². The third-order valence-electron chi connectivity index (χ3n) is 3.47. The summed E-state index contributed by atoms with van der Waals surface area (Å²) < 4.78 is 0. The lowest BCUT2D eigenvalue weighted by molar-refractivity contribution is -0.122. The molecule has 0 atom stereocenters. The molecule has 0 aromatic rings. The largest absolute Gasteiger partial charge is 0.370 e. The molecule has 5 heteroatoms. The van der Waals surface area contributed by atoms with E-state index < -0.39 is 0 Å². The predicted octanol–water partition coefficient (Wildman–Crippen LogP) is 1.55. The Morgan fingerprint density at radius 2 is 1.90 bits per heavy atom. The lowest BCUT2D eigenvalue weighted by atomic mass is 9.87. The Morgan fingerprint density at radius 1 is 1.25 bits per heavy atom. The SMILES string of the molecule is C=C(C)CN=C(N)NCCNC(=O)CC1CCCCC1. The standard InChI is InChI=1S/C15H28N4O/c1-12(2)11-19-15(16)18-9-8-17-14(20)10-13-6-4-3-5-7-13/h13H,1,3-11H2,2H3,(H,17,20)(H3,16,18,19). The number of carbonyl (C=O) groups excluding carboxylic acids is 1. The zero-order chi connectivity index (χ0) is 14.8. The molecule has 0 radical (unpaired) electrons. The van der Waals surface area contributed by atoms with E-state index in [1.165, 1.54) is 32.1 Å². The number of guanidine groups is 1. The summed E-state index contributed by atoms with van der Waals surface area (Å²) in [6.45, 7) is 7.37. The predicted molar refractivity (Wildman–Crippen MR) is 83.5 cm³/mol. The van der Waals surface area contributed by atoms with E-state index in [4.69, 9.17) is 5.73 Å². The van der Waals surface area contributed by atoms with Crippen LogP contribution in [-0.4, -0.2) is 31.5 Å². The van der Waals surface area contributed by atoms with Crippen LogP contribution in [0.3, 0.4) is 0 Å². The lowest BCUT2D eigenvalue weighted by Crippen LogP contribution is -2.39. The molecule has 0 aromatic heterocycles. The summed E-state index contributed by atoms with van der Waals surface area (Å²) >= 11 is 0. The van der Waals surface area contributed by atoms with Crippen LogP contribution < -0.4 is 16.4 Å². The van der Waals surface area contributed by atoms with Crippen LogP contribution in [0.15, 0.2) is 17.1 Å². The fraction of sp³-hybridized carbons (Fsp3) is 0.733. The first kappa shape index (κ1) is 16.5. The molecule has 0 spiro atoms. The summed E-state index contributed by atoms with van der Waals surface area (Å²) in [7, 11) is 0. The van der Waals surface area contributed by atoms with Crippen molar-refractivity contribution in [1.82, 2.24) is 10.6 Å². The minimum Gasteiger partial charge on any atom is -0.370 e. The number of hydrogen-bond donors (Lipinski definition) is 3. The van der Waals surface area contributed by atoms with Crippen molar-refractivity contribution in [2.24, 2.45) is 16.6 Å². The fourth-order valence-electron chi connectivity index (χ4n) is 2.39. The topological polar surface area (TPSA) is 79.5 Å². The van der Waals surface area contributed by atoms with Crippen molar-refractivity contribution in [3.8, 4) is 0 Å². The van der Waals surface area contributed by atoms with Crippen molar-refractivity contribution < 1.29 is 4.79 Å². The van der Waals surface area contributed by atoms with Crippen LogP contribution in [0.25, 0.3) is 0 Å². The van der Waals surface area contributed by atoms with Crippen molar-refractivity contribution >= 4 is 11.9 Å². The zero-order valence-electron chi connectivity index (χ0n) is 12.6. The Kier molecular flexibility index (Phi) is 7.77. The molecular formula is C15H28N4O. The highest BCUT2D eigenvalue weighted by atomic mass is 16.1. The maximum atomic E-state index is 11.8. The third kappa shape index (κ3) is 7.81. The zero-order valence-corrected chi connectivity index (χ0v) is 12.6. The Labute approximate surface area is 122 Å². The number of nitrogens with one attached hydrogen (secondary N) is 2. The minimum absolute atomic E-state index is 0.149. The van der Waals surface area contributed by atoms with E-state index in [-0.39, 0.29) is 5.91 Å². The number of aliphatic imine (C=N–C) groups is 1. The van der Waals surface area contributed by atoms with E-state index in [9.17, 15) is 4.79 Å². The monoisotopic (exact) mass is 280 g/mol. The lowest BCUT2D eigenvalue weighted by Gasteiger charge is -2.20. The highest BCUT2D eigenvalue weighted by molar-refractivity contribution is 5.78. The van der Waals surface area contributed by atoms with Crippen LogP contribution in [0.4, 0.5) is 0 Å².